The average molecular weight is 245 g/mol. The Balaban J connectivity index is 2.15. The molecule has 88 valence electrons. The van der Waals surface area contributed by atoms with E-state index < -0.39 is 0 Å². The molecule has 0 saturated carbocycles. The predicted octanol–water partition coefficient (Wildman–Crippen LogP) is 2.74. The van der Waals surface area contributed by atoms with Gasteiger partial charge in [0.25, 0.3) is 0 Å². The highest BCUT2D eigenvalue weighted by Crippen LogP contribution is 2.28. The number of nitrogens with zero attached hydrogens (tertiary/aromatic N) is 2. The van der Waals surface area contributed by atoms with Gasteiger partial charge in [-0.1, -0.05) is 36.9 Å². The molecule has 0 fully saturated rings. The summed E-state index contributed by atoms with van der Waals surface area (Å²) in [6, 6.07) is 8.37. The number of benzene rings is 1. The van der Waals surface area contributed by atoms with Crippen molar-refractivity contribution in [3.05, 3.63) is 48.4 Å². The van der Waals surface area contributed by atoms with Crippen LogP contribution >= 0.6 is 11.8 Å². The Hall–Kier alpha value is -1.39. The van der Waals surface area contributed by atoms with Crippen molar-refractivity contribution < 1.29 is 0 Å². The summed E-state index contributed by atoms with van der Waals surface area (Å²) in [7, 11) is 0. The van der Waals surface area contributed by atoms with Crippen molar-refractivity contribution in [2.45, 2.75) is 23.4 Å². The van der Waals surface area contributed by atoms with Crippen molar-refractivity contribution in [2.24, 2.45) is 0 Å². The Bertz CT molecular complexity index is 459. The second kappa shape index (κ2) is 6.37. The Kier molecular flexibility index (Phi) is 4.53. The van der Waals surface area contributed by atoms with E-state index in [0.29, 0.717) is 0 Å². The molecule has 2 rings (SSSR count). The lowest BCUT2D eigenvalue weighted by Gasteiger charge is -2.08. The molecule has 0 aliphatic carbocycles. The molecule has 0 bridgehead atoms. The summed E-state index contributed by atoms with van der Waals surface area (Å²) in [6.07, 6.45) is 5.19. The molecule has 4 heteroatoms. The van der Waals surface area contributed by atoms with Crippen molar-refractivity contribution in [2.75, 3.05) is 6.54 Å². The number of hydrogen-bond donors (Lipinski definition) is 1. The van der Waals surface area contributed by atoms with Crippen LogP contribution < -0.4 is 5.32 Å². The Morgan fingerprint density at radius 1 is 1.24 bits per heavy atom. The zero-order valence-corrected chi connectivity index (χ0v) is 10.6. The van der Waals surface area contributed by atoms with Crippen molar-refractivity contribution in [1.29, 1.82) is 0 Å². The van der Waals surface area contributed by atoms with Crippen LogP contribution in [0, 0.1) is 0 Å². The molecule has 3 nitrogen and oxygen atoms in total. The minimum atomic E-state index is 0.889. The van der Waals surface area contributed by atoms with E-state index in [-0.39, 0.29) is 0 Å². The van der Waals surface area contributed by atoms with E-state index in [1.807, 2.05) is 6.07 Å². The van der Waals surface area contributed by atoms with Gasteiger partial charge in [-0.2, -0.15) is 0 Å². The Morgan fingerprint density at radius 3 is 2.88 bits per heavy atom. The van der Waals surface area contributed by atoms with E-state index in [4.69, 9.17) is 0 Å². The highest BCUT2D eigenvalue weighted by atomic mass is 32.2. The van der Waals surface area contributed by atoms with Crippen LogP contribution in [0.5, 0.6) is 0 Å². The van der Waals surface area contributed by atoms with E-state index in [9.17, 15) is 0 Å². The molecular formula is C13H15N3S. The maximum absolute atomic E-state index is 4.28. The molecule has 1 aromatic carbocycles. The fourth-order valence-corrected chi connectivity index (χ4v) is 2.33. The summed E-state index contributed by atoms with van der Waals surface area (Å²) in [5, 5.41) is 4.27. The summed E-state index contributed by atoms with van der Waals surface area (Å²) >= 11 is 1.65. The second-order valence-corrected chi connectivity index (χ2v) is 4.60. The third-order valence-corrected chi connectivity index (χ3v) is 3.33. The first-order chi connectivity index (χ1) is 8.40. The van der Waals surface area contributed by atoms with Crippen molar-refractivity contribution in [3.8, 4) is 0 Å². The lowest BCUT2D eigenvalue weighted by molar-refractivity contribution is 0.718. The normalized spacial score (nSPS) is 10.4. The molecule has 0 aliphatic heterocycles. The number of nitrogens with one attached hydrogen (secondary N) is 1. The van der Waals surface area contributed by atoms with Gasteiger partial charge in [0, 0.05) is 23.8 Å². The zero-order valence-electron chi connectivity index (χ0n) is 9.76. The standard InChI is InChI=1S/C13H15N3S/c1-2-14-9-11-5-3-4-6-12(11)17-13-10-15-7-8-16-13/h3-8,10,14H,2,9H2,1H3. The maximum Gasteiger partial charge on any atom is 0.119 e. The van der Waals surface area contributed by atoms with Crippen LogP contribution in [0.2, 0.25) is 0 Å². The molecular weight excluding hydrogens is 230 g/mol. The fourth-order valence-electron chi connectivity index (χ4n) is 1.46. The Labute approximate surface area is 106 Å². The molecule has 0 amide bonds. The smallest absolute Gasteiger partial charge is 0.119 e. The lowest BCUT2D eigenvalue weighted by atomic mass is 10.2. The Morgan fingerprint density at radius 2 is 2.12 bits per heavy atom. The van der Waals surface area contributed by atoms with Crippen molar-refractivity contribution >= 4 is 11.8 Å². The molecule has 0 unspecified atom stereocenters. The van der Waals surface area contributed by atoms with Crippen LogP contribution in [0.15, 0.2) is 52.8 Å². The molecule has 0 spiro atoms. The van der Waals surface area contributed by atoms with Gasteiger partial charge >= 0.3 is 0 Å². The van der Waals surface area contributed by atoms with Crippen molar-refractivity contribution in [1.82, 2.24) is 15.3 Å². The van der Waals surface area contributed by atoms with Gasteiger partial charge in [0.15, 0.2) is 0 Å². The monoisotopic (exact) mass is 245 g/mol. The van der Waals surface area contributed by atoms with Crippen LogP contribution in [-0.4, -0.2) is 16.5 Å². The summed E-state index contributed by atoms with van der Waals surface area (Å²) in [5.74, 6) is 0. The average Bonchev–Trinajstić information content (AvgIpc) is 2.39. The first kappa shape index (κ1) is 12.1. The molecule has 0 atom stereocenters. The highest BCUT2D eigenvalue weighted by molar-refractivity contribution is 7.99. The number of aromatic nitrogens is 2. The van der Waals surface area contributed by atoms with Gasteiger partial charge in [-0.25, -0.2) is 4.98 Å². The first-order valence-electron chi connectivity index (χ1n) is 5.62. The molecule has 0 radical (unpaired) electrons. The maximum atomic E-state index is 4.28. The summed E-state index contributed by atoms with van der Waals surface area (Å²) in [4.78, 5) is 9.58. The summed E-state index contributed by atoms with van der Waals surface area (Å²) in [6.45, 7) is 3.97. The van der Waals surface area contributed by atoms with E-state index in [0.717, 1.165) is 18.1 Å². The van der Waals surface area contributed by atoms with Crippen LogP contribution in [0.25, 0.3) is 0 Å². The fraction of sp³-hybridized carbons (Fsp3) is 0.231. The molecule has 17 heavy (non-hydrogen) atoms. The quantitative estimate of drug-likeness (QED) is 0.879. The van der Waals surface area contributed by atoms with E-state index in [2.05, 4.69) is 40.4 Å². The minimum Gasteiger partial charge on any atom is -0.313 e. The van der Waals surface area contributed by atoms with Gasteiger partial charge in [0.05, 0.1) is 6.20 Å². The second-order valence-electron chi connectivity index (χ2n) is 3.53. The molecule has 1 heterocycles. The molecule has 1 aromatic heterocycles. The predicted molar refractivity (Wildman–Crippen MR) is 70.0 cm³/mol. The molecule has 0 saturated heterocycles. The highest BCUT2D eigenvalue weighted by Gasteiger charge is 2.04. The van der Waals surface area contributed by atoms with E-state index in [1.54, 1.807) is 30.4 Å². The summed E-state index contributed by atoms with van der Waals surface area (Å²) < 4.78 is 0. The third-order valence-electron chi connectivity index (χ3n) is 2.29. The summed E-state index contributed by atoms with van der Waals surface area (Å²) in [5.41, 5.74) is 1.30. The van der Waals surface area contributed by atoms with Crippen molar-refractivity contribution in [3.63, 3.8) is 0 Å². The number of hydrogen-bond acceptors (Lipinski definition) is 4. The van der Waals surface area contributed by atoms with E-state index in [1.165, 1.54) is 10.5 Å². The van der Waals surface area contributed by atoms with Gasteiger partial charge in [0.2, 0.25) is 0 Å². The van der Waals surface area contributed by atoms with Crippen LogP contribution in [0.1, 0.15) is 12.5 Å². The molecule has 1 N–H and O–H groups in total. The first-order valence-corrected chi connectivity index (χ1v) is 6.44. The third kappa shape index (κ3) is 3.54. The topological polar surface area (TPSA) is 37.8 Å². The van der Waals surface area contributed by atoms with E-state index >= 15 is 0 Å². The zero-order chi connectivity index (χ0) is 11.9. The van der Waals surface area contributed by atoms with Gasteiger partial charge in [-0.3, -0.25) is 4.98 Å². The number of rotatable bonds is 5. The van der Waals surface area contributed by atoms with Crippen LogP contribution in [0.4, 0.5) is 0 Å². The van der Waals surface area contributed by atoms with Gasteiger partial charge in [0.1, 0.15) is 5.03 Å². The lowest BCUT2D eigenvalue weighted by Crippen LogP contribution is -2.12. The van der Waals surface area contributed by atoms with Crippen LogP contribution in [0.3, 0.4) is 0 Å². The van der Waals surface area contributed by atoms with Crippen LogP contribution in [-0.2, 0) is 6.54 Å². The minimum absolute atomic E-state index is 0.889. The van der Waals surface area contributed by atoms with Gasteiger partial charge in [-0.15, -0.1) is 0 Å². The van der Waals surface area contributed by atoms with Gasteiger partial charge in [-0.05, 0) is 18.2 Å². The van der Waals surface area contributed by atoms with Gasteiger partial charge < -0.3 is 5.32 Å². The SMILES string of the molecule is CCNCc1ccccc1Sc1cnccn1. The largest absolute Gasteiger partial charge is 0.313 e. The molecule has 0 aliphatic rings. The molecule has 2 aromatic rings.